The molecule has 0 aliphatic carbocycles. The lowest BCUT2D eigenvalue weighted by Gasteiger charge is -2.07. The summed E-state index contributed by atoms with van der Waals surface area (Å²) < 4.78 is 41.5. The maximum absolute atomic E-state index is 12.0. The number of para-hydroxylation sites is 1. The largest absolute Gasteiger partial charge is 0.461 e. The van der Waals surface area contributed by atoms with Crippen molar-refractivity contribution in [3.05, 3.63) is 35.6 Å². The lowest BCUT2D eigenvalue weighted by molar-refractivity contribution is -0.135. The Morgan fingerprint density at radius 3 is 2.68 bits per heavy atom. The Morgan fingerprint density at radius 1 is 1.21 bits per heavy atom. The molecule has 5 heteroatoms. The van der Waals surface area contributed by atoms with E-state index in [0.717, 1.165) is 22.3 Å². The molecule has 0 atom stereocenters. The monoisotopic (exact) mass is 271 g/mol. The minimum atomic E-state index is -4.07. The molecule has 0 unspecified atom stereocenters. The summed E-state index contributed by atoms with van der Waals surface area (Å²) >= 11 is 0. The summed E-state index contributed by atoms with van der Waals surface area (Å²) in [6.45, 7) is 2.74. The van der Waals surface area contributed by atoms with Crippen LogP contribution in [0.5, 0.6) is 0 Å². The van der Waals surface area contributed by atoms with Crippen LogP contribution in [-0.2, 0) is 6.54 Å². The van der Waals surface area contributed by atoms with Crippen LogP contribution in [-0.4, -0.2) is 12.7 Å². The summed E-state index contributed by atoms with van der Waals surface area (Å²) in [6, 6.07) is 7.66. The van der Waals surface area contributed by atoms with Crippen molar-refractivity contribution in [3.8, 4) is 0 Å². The number of halogens is 3. The highest BCUT2D eigenvalue weighted by Crippen LogP contribution is 2.25. The van der Waals surface area contributed by atoms with Crippen molar-refractivity contribution in [3.63, 3.8) is 0 Å². The highest BCUT2D eigenvalue weighted by atomic mass is 19.4. The van der Waals surface area contributed by atoms with Gasteiger partial charge in [0.25, 0.3) is 0 Å². The highest BCUT2D eigenvalue weighted by molar-refractivity contribution is 5.82. The predicted molar refractivity (Wildman–Crippen MR) is 67.9 cm³/mol. The number of benzene rings is 1. The Kier molecular flexibility index (Phi) is 4.14. The van der Waals surface area contributed by atoms with Gasteiger partial charge < -0.3 is 9.73 Å². The van der Waals surface area contributed by atoms with Gasteiger partial charge >= 0.3 is 6.18 Å². The molecule has 2 nitrogen and oxygen atoms in total. The fourth-order valence-electron chi connectivity index (χ4n) is 2.07. The summed E-state index contributed by atoms with van der Waals surface area (Å²) in [7, 11) is 0. The summed E-state index contributed by atoms with van der Waals surface area (Å²) in [5.41, 5.74) is 1.83. The van der Waals surface area contributed by atoms with Crippen LogP contribution in [0.25, 0.3) is 11.0 Å². The molecule has 0 spiro atoms. The van der Waals surface area contributed by atoms with Gasteiger partial charge in [0.15, 0.2) is 0 Å². The van der Waals surface area contributed by atoms with Gasteiger partial charge in [-0.3, -0.25) is 0 Å². The van der Waals surface area contributed by atoms with Gasteiger partial charge in [-0.25, -0.2) is 0 Å². The molecule has 0 amide bonds. The number of furan rings is 1. The van der Waals surface area contributed by atoms with E-state index in [9.17, 15) is 13.2 Å². The van der Waals surface area contributed by atoms with E-state index in [1.54, 1.807) is 0 Å². The Bertz CT molecular complexity index is 545. The first-order chi connectivity index (χ1) is 8.97. The number of hydrogen-bond donors (Lipinski definition) is 1. The third-order valence-electron chi connectivity index (χ3n) is 3.02. The summed E-state index contributed by atoms with van der Waals surface area (Å²) in [5, 5.41) is 4.05. The fraction of sp³-hybridized carbons (Fsp3) is 0.429. The van der Waals surface area contributed by atoms with Crippen LogP contribution in [0.4, 0.5) is 13.2 Å². The molecule has 1 aromatic carbocycles. The molecule has 0 bridgehead atoms. The van der Waals surface area contributed by atoms with Crippen LogP contribution in [0, 0.1) is 6.92 Å². The summed E-state index contributed by atoms with van der Waals surface area (Å²) in [4.78, 5) is 0. The van der Waals surface area contributed by atoms with Gasteiger partial charge in [0, 0.05) is 23.9 Å². The van der Waals surface area contributed by atoms with Crippen molar-refractivity contribution in [2.24, 2.45) is 0 Å². The van der Waals surface area contributed by atoms with Crippen LogP contribution in [0.1, 0.15) is 24.2 Å². The van der Waals surface area contributed by atoms with Crippen LogP contribution < -0.4 is 5.32 Å². The Hall–Kier alpha value is -1.49. The van der Waals surface area contributed by atoms with Gasteiger partial charge in [-0.05, 0) is 26.0 Å². The van der Waals surface area contributed by atoms with E-state index < -0.39 is 12.6 Å². The standard InChI is InChI=1S/C14H16F3NO/c1-10-12(9-18-8-4-7-14(15,16)17)11-5-2-3-6-13(11)19-10/h2-3,5-6,18H,4,7-9H2,1H3. The second kappa shape index (κ2) is 5.65. The molecule has 1 aromatic heterocycles. The molecule has 2 aromatic rings. The normalized spacial score (nSPS) is 12.2. The first kappa shape index (κ1) is 13.9. The van der Waals surface area contributed by atoms with Crippen LogP contribution >= 0.6 is 0 Å². The van der Waals surface area contributed by atoms with E-state index in [0.29, 0.717) is 13.1 Å². The number of alkyl halides is 3. The van der Waals surface area contributed by atoms with Crippen LogP contribution in [0.3, 0.4) is 0 Å². The molecule has 1 N–H and O–H groups in total. The third-order valence-corrected chi connectivity index (χ3v) is 3.02. The topological polar surface area (TPSA) is 25.2 Å². The van der Waals surface area contributed by atoms with E-state index in [1.807, 2.05) is 31.2 Å². The minimum absolute atomic E-state index is 0.0956. The molecule has 2 rings (SSSR count). The molecule has 0 fully saturated rings. The molecule has 0 radical (unpaired) electrons. The Labute approximate surface area is 109 Å². The molecule has 0 aliphatic rings. The third kappa shape index (κ3) is 3.73. The molecule has 19 heavy (non-hydrogen) atoms. The lowest BCUT2D eigenvalue weighted by atomic mass is 10.1. The number of fused-ring (bicyclic) bond motifs is 1. The van der Waals surface area contributed by atoms with Gasteiger partial charge in [0.1, 0.15) is 11.3 Å². The fourth-order valence-corrected chi connectivity index (χ4v) is 2.07. The second-order valence-electron chi connectivity index (χ2n) is 4.53. The van der Waals surface area contributed by atoms with Crippen LogP contribution in [0.2, 0.25) is 0 Å². The van der Waals surface area contributed by atoms with E-state index in [1.165, 1.54) is 0 Å². The quantitative estimate of drug-likeness (QED) is 0.825. The maximum Gasteiger partial charge on any atom is 0.389 e. The molecular weight excluding hydrogens is 255 g/mol. The molecule has 0 aliphatic heterocycles. The average Bonchev–Trinajstić information content (AvgIpc) is 2.64. The van der Waals surface area contributed by atoms with E-state index >= 15 is 0 Å². The second-order valence-corrected chi connectivity index (χ2v) is 4.53. The first-order valence-electron chi connectivity index (χ1n) is 6.22. The highest BCUT2D eigenvalue weighted by Gasteiger charge is 2.25. The molecular formula is C14H16F3NO. The molecule has 1 heterocycles. The lowest BCUT2D eigenvalue weighted by Crippen LogP contribution is -2.18. The number of hydrogen-bond acceptors (Lipinski definition) is 2. The molecule has 104 valence electrons. The molecule has 0 saturated heterocycles. The van der Waals surface area contributed by atoms with Gasteiger partial charge in [-0.15, -0.1) is 0 Å². The van der Waals surface area contributed by atoms with Gasteiger partial charge in [0.05, 0.1) is 0 Å². The Balaban J connectivity index is 1.90. The number of aryl methyl sites for hydroxylation is 1. The maximum atomic E-state index is 12.0. The van der Waals surface area contributed by atoms with Crippen molar-refractivity contribution < 1.29 is 17.6 Å². The van der Waals surface area contributed by atoms with Crippen molar-refractivity contribution in [1.82, 2.24) is 5.32 Å². The van der Waals surface area contributed by atoms with Gasteiger partial charge in [-0.2, -0.15) is 13.2 Å². The SMILES string of the molecule is Cc1oc2ccccc2c1CNCCCC(F)(F)F. The van der Waals surface area contributed by atoms with Crippen molar-refractivity contribution in [2.75, 3.05) is 6.54 Å². The average molecular weight is 271 g/mol. The zero-order valence-electron chi connectivity index (χ0n) is 10.7. The summed E-state index contributed by atoms with van der Waals surface area (Å²) in [6.07, 6.45) is -4.72. The summed E-state index contributed by atoms with van der Waals surface area (Å²) in [5.74, 6) is 0.810. The van der Waals surface area contributed by atoms with E-state index in [4.69, 9.17) is 4.42 Å². The zero-order valence-corrected chi connectivity index (χ0v) is 10.7. The van der Waals surface area contributed by atoms with Gasteiger partial charge in [0.2, 0.25) is 0 Å². The first-order valence-corrected chi connectivity index (χ1v) is 6.22. The smallest absolute Gasteiger partial charge is 0.389 e. The zero-order chi connectivity index (χ0) is 13.9. The number of nitrogens with one attached hydrogen (secondary N) is 1. The van der Waals surface area contributed by atoms with Crippen LogP contribution in [0.15, 0.2) is 28.7 Å². The van der Waals surface area contributed by atoms with Crippen molar-refractivity contribution in [2.45, 2.75) is 32.5 Å². The van der Waals surface area contributed by atoms with Crippen molar-refractivity contribution in [1.29, 1.82) is 0 Å². The Morgan fingerprint density at radius 2 is 1.95 bits per heavy atom. The predicted octanol–water partition coefficient (Wildman–Crippen LogP) is 4.17. The minimum Gasteiger partial charge on any atom is -0.461 e. The van der Waals surface area contributed by atoms with Gasteiger partial charge in [-0.1, -0.05) is 18.2 Å². The van der Waals surface area contributed by atoms with E-state index in [-0.39, 0.29) is 6.42 Å². The molecule has 0 saturated carbocycles. The van der Waals surface area contributed by atoms with E-state index in [2.05, 4.69) is 5.32 Å². The van der Waals surface area contributed by atoms with Crippen molar-refractivity contribution >= 4 is 11.0 Å². The number of rotatable bonds is 5.